The van der Waals surface area contributed by atoms with E-state index in [0.717, 1.165) is 17.7 Å². The fraction of sp³-hybridized carbons (Fsp3) is 0.231. The van der Waals surface area contributed by atoms with Crippen molar-refractivity contribution in [3.63, 3.8) is 0 Å². The number of nitrogens with zero attached hydrogens (tertiary/aromatic N) is 3. The third-order valence-electron chi connectivity index (χ3n) is 5.50. The van der Waals surface area contributed by atoms with E-state index in [2.05, 4.69) is 10.3 Å². The van der Waals surface area contributed by atoms with Gasteiger partial charge in [0.2, 0.25) is 5.91 Å². The van der Waals surface area contributed by atoms with E-state index in [4.69, 9.17) is 28.6 Å². The predicted octanol–water partition coefficient (Wildman–Crippen LogP) is 5.05. The Labute approximate surface area is 214 Å². The van der Waals surface area contributed by atoms with Gasteiger partial charge >= 0.3 is 0 Å². The third-order valence-corrected chi connectivity index (χ3v) is 6.16. The van der Waals surface area contributed by atoms with Crippen molar-refractivity contribution < 1.29 is 14.3 Å². The Balaban J connectivity index is 1.52. The van der Waals surface area contributed by atoms with Gasteiger partial charge in [-0.2, -0.15) is 0 Å². The molecule has 9 heteroatoms. The van der Waals surface area contributed by atoms with Crippen LogP contribution in [-0.2, 0) is 16.1 Å². The Bertz CT molecular complexity index is 1190. The van der Waals surface area contributed by atoms with Crippen molar-refractivity contribution in [1.82, 2.24) is 9.88 Å². The lowest BCUT2D eigenvalue weighted by Crippen LogP contribution is -2.37. The molecule has 1 N–H and O–H groups in total. The summed E-state index contributed by atoms with van der Waals surface area (Å²) in [6.45, 7) is 3.04. The molecule has 0 spiro atoms. The number of rotatable bonds is 9. The van der Waals surface area contributed by atoms with Crippen molar-refractivity contribution in [2.45, 2.75) is 32.4 Å². The lowest BCUT2D eigenvalue weighted by Gasteiger charge is -2.24. The van der Waals surface area contributed by atoms with Crippen LogP contribution in [-0.4, -0.2) is 39.5 Å². The van der Waals surface area contributed by atoms with Gasteiger partial charge in [-0.15, -0.1) is 0 Å². The molecule has 7 nitrogen and oxygen atoms in total. The molecule has 2 aromatic carbocycles. The number of thiocarbonyl (C=S) groups is 1. The first-order chi connectivity index (χ1) is 17.0. The summed E-state index contributed by atoms with van der Waals surface area (Å²) in [6, 6.07) is 17.0. The molecular weight excluding hydrogens is 484 g/mol. The summed E-state index contributed by atoms with van der Waals surface area (Å²) in [5.41, 5.74) is 2.16. The smallest absolute Gasteiger partial charge is 0.256 e. The summed E-state index contributed by atoms with van der Waals surface area (Å²) < 4.78 is 5.58. The van der Waals surface area contributed by atoms with Crippen LogP contribution in [0, 0.1) is 0 Å². The SMILES string of the molecule is CCCOc1ccc(NC(=O)CC2C(=O)N(c3ccc(Cl)cc3)C(=S)N2Cc2ccncc2)cc1. The van der Waals surface area contributed by atoms with Crippen LogP contribution in [0.2, 0.25) is 5.02 Å². The molecule has 1 unspecified atom stereocenters. The molecule has 1 aliphatic rings. The predicted molar refractivity (Wildman–Crippen MR) is 141 cm³/mol. The topological polar surface area (TPSA) is 74.8 Å². The van der Waals surface area contributed by atoms with E-state index in [9.17, 15) is 9.59 Å². The fourth-order valence-corrected chi connectivity index (χ4v) is 4.28. The van der Waals surface area contributed by atoms with Crippen molar-refractivity contribution in [2.75, 3.05) is 16.8 Å². The largest absolute Gasteiger partial charge is 0.494 e. The first-order valence-corrected chi connectivity index (χ1v) is 12.1. The molecular formula is C26H25ClN4O3S. The van der Waals surface area contributed by atoms with Gasteiger partial charge in [0, 0.05) is 29.6 Å². The second kappa shape index (κ2) is 11.3. The lowest BCUT2D eigenvalue weighted by atomic mass is 10.1. The second-order valence-electron chi connectivity index (χ2n) is 8.06. The number of carbonyl (C=O) groups is 2. The standard InChI is InChI=1S/C26H25ClN4O3S/c1-2-15-34-22-9-5-20(6-10-22)29-24(32)16-23-25(33)31(21-7-3-19(27)4-8-21)26(35)30(23)17-18-11-13-28-14-12-18/h3-14,23H,2,15-17H2,1H3,(H,29,32). The monoisotopic (exact) mass is 508 g/mol. The van der Waals surface area contributed by atoms with Gasteiger partial charge in [-0.1, -0.05) is 18.5 Å². The number of halogens is 1. The van der Waals surface area contributed by atoms with E-state index in [1.807, 2.05) is 19.1 Å². The maximum absolute atomic E-state index is 13.5. The third kappa shape index (κ3) is 5.96. The molecule has 3 aromatic rings. The Hall–Kier alpha value is -3.49. The van der Waals surface area contributed by atoms with Gasteiger partial charge in [0.1, 0.15) is 11.8 Å². The average Bonchev–Trinajstić information content (AvgIpc) is 3.08. The van der Waals surface area contributed by atoms with E-state index in [1.165, 1.54) is 4.90 Å². The zero-order valence-corrected chi connectivity index (χ0v) is 20.8. The van der Waals surface area contributed by atoms with Gasteiger partial charge in [0.15, 0.2) is 5.11 Å². The molecule has 1 atom stereocenters. The molecule has 0 aliphatic carbocycles. The lowest BCUT2D eigenvalue weighted by molar-refractivity contribution is -0.124. The van der Waals surface area contributed by atoms with E-state index >= 15 is 0 Å². The minimum absolute atomic E-state index is 0.0533. The second-order valence-corrected chi connectivity index (χ2v) is 8.86. The van der Waals surface area contributed by atoms with Gasteiger partial charge in [0.05, 0.1) is 18.7 Å². The van der Waals surface area contributed by atoms with Crippen LogP contribution in [0.3, 0.4) is 0 Å². The first-order valence-electron chi connectivity index (χ1n) is 11.3. The van der Waals surface area contributed by atoms with Gasteiger partial charge in [0.25, 0.3) is 5.91 Å². The number of nitrogens with one attached hydrogen (secondary N) is 1. The summed E-state index contributed by atoms with van der Waals surface area (Å²) in [5.74, 6) is 0.194. The molecule has 1 fully saturated rings. The Morgan fingerprint density at radius 3 is 2.43 bits per heavy atom. The van der Waals surface area contributed by atoms with Gasteiger partial charge < -0.3 is 15.0 Å². The van der Waals surface area contributed by atoms with Crippen LogP contribution in [0.25, 0.3) is 0 Å². The number of ether oxygens (including phenoxy) is 1. The number of hydrogen-bond donors (Lipinski definition) is 1. The fourth-order valence-electron chi connectivity index (χ4n) is 3.77. The van der Waals surface area contributed by atoms with Crippen LogP contribution in [0.1, 0.15) is 25.3 Å². The molecule has 1 aromatic heterocycles. The number of pyridine rings is 1. The molecule has 2 amide bonds. The number of hydrogen-bond acceptors (Lipinski definition) is 5. The average molecular weight is 509 g/mol. The van der Waals surface area contributed by atoms with Crippen molar-refractivity contribution in [1.29, 1.82) is 0 Å². The quantitative estimate of drug-likeness (QED) is 0.407. The zero-order valence-electron chi connectivity index (χ0n) is 19.2. The molecule has 1 saturated heterocycles. The molecule has 4 rings (SSSR count). The van der Waals surface area contributed by atoms with Gasteiger partial charge in [-0.25, -0.2) is 0 Å². The number of benzene rings is 2. The van der Waals surface area contributed by atoms with E-state index in [0.29, 0.717) is 34.7 Å². The van der Waals surface area contributed by atoms with Crippen LogP contribution in [0.5, 0.6) is 5.75 Å². The maximum Gasteiger partial charge on any atom is 0.256 e. The van der Waals surface area contributed by atoms with Crippen LogP contribution in [0.15, 0.2) is 73.1 Å². The molecule has 0 saturated carbocycles. The highest BCUT2D eigenvalue weighted by Crippen LogP contribution is 2.29. The summed E-state index contributed by atoms with van der Waals surface area (Å²) >= 11 is 11.7. The van der Waals surface area contributed by atoms with Crippen LogP contribution < -0.4 is 15.0 Å². The summed E-state index contributed by atoms with van der Waals surface area (Å²) in [5, 5.41) is 3.77. The van der Waals surface area contributed by atoms with Gasteiger partial charge in [-0.3, -0.25) is 19.5 Å². The molecule has 1 aliphatic heterocycles. The van der Waals surface area contributed by atoms with E-state index in [1.54, 1.807) is 65.8 Å². The minimum Gasteiger partial charge on any atom is -0.494 e. The maximum atomic E-state index is 13.5. The van der Waals surface area contributed by atoms with E-state index < -0.39 is 6.04 Å². The van der Waals surface area contributed by atoms with E-state index in [-0.39, 0.29) is 18.2 Å². The van der Waals surface area contributed by atoms with Crippen LogP contribution in [0.4, 0.5) is 11.4 Å². The minimum atomic E-state index is -0.751. The Morgan fingerprint density at radius 2 is 1.77 bits per heavy atom. The van der Waals surface area contributed by atoms with Crippen molar-refractivity contribution in [3.8, 4) is 5.75 Å². The molecule has 0 bridgehead atoms. The van der Waals surface area contributed by atoms with Crippen molar-refractivity contribution in [3.05, 3.63) is 83.6 Å². The number of aromatic nitrogens is 1. The van der Waals surface area contributed by atoms with Crippen molar-refractivity contribution >= 4 is 52.1 Å². The number of amides is 2. The summed E-state index contributed by atoms with van der Waals surface area (Å²) in [7, 11) is 0. The zero-order chi connectivity index (χ0) is 24.8. The summed E-state index contributed by atoms with van der Waals surface area (Å²) in [6.07, 6.45) is 4.23. The Kier molecular flexibility index (Phi) is 7.94. The molecule has 35 heavy (non-hydrogen) atoms. The first kappa shape index (κ1) is 24.6. The molecule has 180 valence electrons. The highest BCUT2D eigenvalue weighted by Gasteiger charge is 2.44. The van der Waals surface area contributed by atoms with Crippen molar-refractivity contribution in [2.24, 2.45) is 0 Å². The molecule has 2 heterocycles. The normalized spacial score (nSPS) is 15.4. The summed E-state index contributed by atoms with van der Waals surface area (Å²) in [4.78, 5) is 33.7. The molecule has 0 radical (unpaired) electrons. The van der Waals surface area contributed by atoms with Gasteiger partial charge in [-0.05, 0) is 84.9 Å². The van der Waals surface area contributed by atoms with Crippen LogP contribution >= 0.6 is 23.8 Å². The number of carbonyl (C=O) groups excluding carboxylic acids is 2. The highest BCUT2D eigenvalue weighted by molar-refractivity contribution is 7.80. The Morgan fingerprint density at radius 1 is 1.09 bits per heavy atom. The highest BCUT2D eigenvalue weighted by atomic mass is 35.5. The number of anilines is 2.